The molecular formula is C20H24N4O3. The van der Waals surface area contributed by atoms with Crippen molar-refractivity contribution in [3.05, 3.63) is 41.7 Å². The lowest BCUT2D eigenvalue weighted by Gasteiger charge is -2.28. The Morgan fingerprint density at radius 1 is 1.30 bits per heavy atom. The summed E-state index contributed by atoms with van der Waals surface area (Å²) in [6, 6.07) is 10.1. The van der Waals surface area contributed by atoms with Gasteiger partial charge in [-0.05, 0) is 51.0 Å². The van der Waals surface area contributed by atoms with Gasteiger partial charge < -0.3 is 19.8 Å². The van der Waals surface area contributed by atoms with Crippen molar-refractivity contribution >= 4 is 22.7 Å². The van der Waals surface area contributed by atoms with Gasteiger partial charge in [-0.25, -0.2) is 4.79 Å². The fraction of sp³-hybridized carbons (Fsp3) is 0.400. The van der Waals surface area contributed by atoms with Crippen molar-refractivity contribution in [3.8, 4) is 5.82 Å². The molecule has 0 spiro atoms. The molecule has 2 aromatic heterocycles. The number of aryl methyl sites for hydroxylation is 2. The maximum atomic E-state index is 11.2. The van der Waals surface area contributed by atoms with Crippen LogP contribution in [-0.4, -0.2) is 39.6 Å². The molecule has 3 aromatic rings. The Morgan fingerprint density at radius 3 is 2.67 bits per heavy atom. The van der Waals surface area contributed by atoms with Crippen LogP contribution >= 0.6 is 0 Å². The smallest absolute Gasteiger partial charge is 0.405 e. The third-order valence-corrected chi connectivity index (χ3v) is 5.78. The minimum atomic E-state index is -0.995. The molecule has 142 valence electrons. The first-order chi connectivity index (χ1) is 12.8. The van der Waals surface area contributed by atoms with Gasteiger partial charge in [0.05, 0.1) is 16.6 Å². The molecule has 0 bridgehead atoms. The van der Waals surface area contributed by atoms with Crippen molar-refractivity contribution in [3.63, 3.8) is 0 Å². The quantitative estimate of drug-likeness (QED) is 0.736. The summed E-state index contributed by atoms with van der Waals surface area (Å²) in [5.74, 6) is 0.950. The number of para-hydroxylation sites is 1. The van der Waals surface area contributed by atoms with Crippen molar-refractivity contribution in [2.45, 2.75) is 33.2 Å². The van der Waals surface area contributed by atoms with Crippen LogP contribution in [0.5, 0.6) is 0 Å². The summed E-state index contributed by atoms with van der Waals surface area (Å²) in [6.07, 6.45) is -0.995. The molecule has 0 radical (unpaired) electrons. The summed E-state index contributed by atoms with van der Waals surface area (Å²) in [6.45, 7) is 9.43. The fourth-order valence-corrected chi connectivity index (χ4v) is 4.09. The lowest BCUT2D eigenvalue weighted by Crippen LogP contribution is -2.50. The van der Waals surface area contributed by atoms with Crippen LogP contribution in [0.25, 0.3) is 16.8 Å². The van der Waals surface area contributed by atoms with E-state index in [-0.39, 0.29) is 5.92 Å². The van der Waals surface area contributed by atoms with Gasteiger partial charge in [-0.2, -0.15) is 0 Å². The maximum absolute atomic E-state index is 11.2. The molecule has 1 amide bonds. The van der Waals surface area contributed by atoms with E-state index < -0.39 is 11.6 Å². The number of carbonyl (C=O) groups is 1. The van der Waals surface area contributed by atoms with Gasteiger partial charge in [0.25, 0.3) is 0 Å². The Balaban J connectivity index is 1.76. The highest BCUT2D eigenvalue weighted by molar-refractivity contribution is 5.94. The Bertz CT molecular complexity index is 1000. The molecule has 7 nitrogen and oxygen atoms in total. The summed E-state index contributed by atoms with van der Waals surface area (Å²) in [5, 5.41) is 17.2. The van der Waals surface area contributed by atoms with Gasteiger partial charge in [-0.3, -0.25) is 4.57 Å². The normalized spacial score (nSPS) is 22.5. The van der Waals surface area contributed by atoms with Gasteiger partial charge in [-0.15, -0.1) is 0 Å². The molecule has 0 aliphatic carbocycles. The SMILES string of the molecule is Cc1ccc(C)n1-c1noc2c(N3CC(C)C(C)(NC(=O)O)C3)cccc12. The number of hydrogen-bond acceptors (Lipinski definition) is 4. The van der Waals surface area contributed by atoms with Crippen molar-refractivity contribution in [2.75, 3.05) is 18.0 Å². The van der Waals surface area contributed by atoms with E-state index in [0.717, 1.165) is 40.4 Å². The minimum Gasteiger partial charge on any atom is -0.465 e. The zero-order valence-corrected chi connectivity index (χ0v) is 16.0. The average molecular weight is 368 g/mol. The first kappa shape index (κ1) is 17.5. The molecule has 2 unspecified atom stereocenters. The van der Waals surface area contributed by atoms with Crippen molar-refractivity contribution in [1.82, 2.24) is 15.0 Å². The summed E-state index contributed by atoms with van der Waals surface area (Å²) in [5.41, 5.74) is 3.36. The van der Waals surface area contributed by atoms with E-state index in [1.54, 1.807) is 0 Å². The fourth-order valence-electron chi connectivity index (χ4n) is 4.09. The largest absolute Gasteiger partial charge is 0.465 e. The number of carboxylic acid groups (broad SMARTS) is 1. The predicted octanol–water partition coefficient (Wildman–Crippen LogP) is 3.72. The van der Waals surface area contributed by atoms with Gasteiger partial charge in [0.15, 0.2) is 11.4 Å². The van der Waals surface area contributed by atoms with Crippen LogP contribution in [-0.2, 0) is 0 Å². The first-order valence-corrected chi connectivity index (χ1v) is 9.10. The van der Waals surface area contributed by atoms with Crippen LogP contribution in [0.2, 0.25) is 0 Å². The molecule has 0 saturated carbocycles. The third kappa shape index (κ3) is 2.74. The summed E-state index contributed by atoms with van der Waals surface area (Å²) >= 11 is 0. The number of aromatic nitrogens is 2. The number of anilines is 1. The van der Waals surface area contributed by atoms with Crippen LogP contribution in [0.1, 0.15) is 25.2 Å². The second-order valence-electron chi connectivity index (χ2n) is 7.74. The number of fused-ring (bicyclic) bond motifs is 1. The van der Waals surface area contributed by atoms with E-state index in [0.29, 0.717) is 6.54 Å². The Kier molecular flexibility index (Phi) is 3.91. The predicted molar refractivity (Wildman–Crippen MR) is 104 cm³/mol. The van der Waals surface area contributed by atoms with E-state index in [9.17, 15) is 9.90 Å². The monoisotopic (exact) mass is 368 g/mol. The zero-order valence-electron chi connectivity index (χ0n) is 16.0. The average Bonchev–Trinajstić information content (AvgIpc) is 3.24. The molecule has 1 aliphatic heterocycles. The highest BCUT2D eigenvalue weighted by Gasteiger charge is 2.42. The number of amides is 1. The molecule has 7 heteroatoms. The minimum absolute atomic E-state index is 0.167. The van der Waals surface area contributed by atoms with Crippen LogP contribution in [0.4, 0.5) is 10.5 Å². The molecule has 3 heterocycles. The van der Waals surface area contributed by atoms with E-state index in [2.05, 4.69) is 39.0 Å². The molecule has 1 saturated heterocycles. The number of nitrogens with zero attached hydrogens (tertiary/aromatic N) is 3. The number of hydrogen-bond donors (Lipinski definition) is 2. The van der Waals surface area contributed by atoms with Crippen LogP contribution < -0.4 is 10.2 Å². The van der Waals surface area contributed by atoms with E-state index in [1.807, 2.05) is 39.0 Å². The summed E-state index contributed by atoms with van der Waals surface area (Å²) < 4.78 is 7.84. The Labute approximate surface area is 157 Å². The van der Waals surface area contributed by atoms with Crippen LogP contribution in [0.15, 0.2) is 34.9 Å². The third-order valence-electron chi connectivity index (χ3n) is 5.78. The van der Waals surface area contributed by atoms with Gasteiger partial charge >= 0.3 is 6.09 Å². The van der Waals surface area contributed by atoms with Gasteiger partial charge in [-0.1, -0.05) is 18.1 Å². The van der Waals surface area contributed by atoms with Gasteiger partial charge in [0.1, 0.15) is 0 Å². The standard InChI is InChI=1S/C20H24N4O3/c1-12-10-23(11-20(12,4)21-19(25)26)16-7-5-6-15-17(16)27-22-18(15)24-13(2)8-9-14(24)3/h5-9,12,21H,10-11H2,1-4H3,(H,25,26). The Morgan fingerprint density at radius 2 is 2.00 bits per heavy atom. The second kappa shape index (κ2) is 6.04. The van der Waals surface area contributed by atoms with E-state index >= 15 is 0 Å². The molecule has 2 N–H and O–H groups in total. The van der Waals surface area contributed by atoms with Crippen LogP contribution in [0, 0.1) is 19.8 Å². The maximum Gasteiger partial charge on any atom is 0.405 e. The summed E-state index contributed by atoms with van der Waals surface area (Å²) in [4.78, 5) is 13.4. The Hall–Kier alpha value is -2.96. The van der Waals surface area contributed by atoms with Gasteiger partial charge in [0.2, 0.25) is 0 Å². The van der Waals surface area contributed by atoms with E-state index in [1.165, 1.54) is 0 Å². The number of nitrogens with one attached hydrogen (secondary N) is 1. The van der Waals surface area contributed by atoms with Crippen molar-refractivity contribution in [1.29, 1.82) is 0 Å². The highest BCUT2D eigenvalue weighted by Crippen LogP contribution is 2.37. The molecule has 1 aromatic carbocycles. The van der Waals surface area contributed by atoms with Crippen molar-refractivity contribution < 1.29 is 14.4 Å². The lowest BCUT2D eigenvalue weighted by molar-refractivity contribution is 0.175. The summed E-state index contributed by atoms with van der Waals surface area (Å²) in [7, 11) is 0. The first-order valence-electron chi connectivity index (χ1n) is 9.10. The molecule has 1 fully saturated rings. The van der Waals surface area contributed by atoms with Crippen molar-refractivity contribution in [2.24, 2.45) is 5.92 Å². The van der Waals surface area contributed by atoms with E-state index in [4.69, 9.17) is 4.52 Å². The van der Waals surface area contributed by atoms with Gasteiger partial charge in [0, 0.05) is 24.5 Å². The molecule has 27 heavy (non-hydrogen) atoms. The molecule has 1 aliphatic rings. The second-order valence-corrected chi connectivity index (χ2v) is 7.74. The molecular weight excluding hydrogens is 344 g/mol. The molecule has 4 rings (SSSR count). The number of benzene rings is 1. The lowest BCUT2D eigenvalue weighted by atomic mass is 9.91. The molecule has 2 atom stereocenters. The number of rotatable bonds is 3. The topological polar surface area (TPSA) is 83.5 Å². The zero-order chi connectivity index (χ0) is 19.3. The van der Waals surface area contributed by atoms with Crippen LogP contribution in [0.3, 0.4) is 0 Å². The highest BCUT2D eigenvalue weighted by atomic mass is 16.5.